The molecule has 0 spiro atoms. The highest BCUT2D eigenvalue weighted by molar-refractivity contribution is 5.97. The van der Waals surface area contributed by atoms with Gasteiger partial charge in [-0.2, -0.15) is 0 Å². The highest BCUT2D eigenvalue weighted by atomic mass is 16.3. The highest BCUT2D eigenvalue weighted by Crippen LogP contribution is 2.29. The van der Waals surface area contributed by atoms with Crippen molar-refractivity contribution in [1.82, 2.24) is 9.80 Å². The fourth-order valence-electron chi connectivity index (χ4n) is 4.21. The van der Waals surface area contributed by atoms with Gasteiger partial charge < -0.3 is 14.2 Å². The first kappa shape index (κ1) is 18.0. The van der Waals surface area contributed by atoms with Gasteiger partial charge in [-0.1, -0.05) is 25.7 Å². The van der Waals surface area contributed by atoms with Crippen LogP contribution in [0.5, 0.6) is 0 Å². The zero-order valence-electron chi connectivity index (χ0n) is 15.8. The molecule has 1 saturated heterocycles. The largest absolute Gasteiger partial charge is 0.466 e. The van der Waals surface area contributed by atoms with Crippen LogP contribution in [-0.4, -0.2) is 47.8 Å². The van der Waals surface area contributed by atoms with E-state index in [9.17, 15) is 9.59 Å². The van der Waals surface area contributed by atoms with Crippen LogP contribution in [0.4, 0.5) is 0 Å². The van der Waals surface area contributed by atoms with Crippen molar-refractivity contribution >= 4 is 11.8 Å². The fourth-order valence-corrected chi connectivity index (χ4v) is 4.21. The average molecular weight is 346 g/mol. The van der Waals surface area contributed by atoms with Crippen LogP contribution >= 0.6 is 0 Å². The molecule has 1 saturated carbocycles. The number of amides is 2. The minimum absolute atomic E-state index is 0.0323. The minimum atomic E-state index is 0.0323. The van der Waals surface area contributed by atoms with Crippen LogP contribution in [0.3, 0.4) is 0 Å². The Morgan fingerprint density at radius 1 is 0.960 bits per heavy atom. The number of rotatable bonds is 4. The smallest absolute Gasteiger partial charge is 0.257 e. The molecular weight excluding hydrogens is 316 g/mol. The van der Waals surface area contributed by atoms with Gasteiger partial charge in [0, 0.05) is 38.2 Å². The van der Waals surface area contributed by atoms with Crippen molar-refractivity contribution in [3.63, 3.8) is 0 Å². The Morgan fingerprint density at radius 2 is 1.56 bits per heavy atom. The van der Waals surface area contributed by atoms with Gasteiger partial charge in [-0.3, -0.25) is 9.59 Å². The molecule has 0 N–H and O–H groups in total. The van der Waals surface area contributed by atoms with E-state index in [2.05, 4.69) is 0 Å². The van der Waals surface area contributed by atoms with Crippen molar-refractivity contribution in [2.75, 3.05) is 26.2 Å². The van der Waals surface area contributed by atoms with E-state index in [0.29, 0.717) is 43.9 Å². The van der Waals surface area contributed by atoms with Crippen molar-refractivity contribution < 1.29 is 14.0 Å². The lowest BCUT2D eigenvalue weighted by atomic mass is 10.0. The van der Waals surface area contributed by atoms with E-state index in [4.69, 9.17) is 4.42 Å². The summed E-state index contributed by atoms with van der Waals surface area (Å²) >= 11 is 0. The lowest BCUT2D eigenvalue weighted by molar-refractivity contribution is -0.133. The second-order valence-electron chi connectivity index (χ2n) is 7.58. The molecule has 2 amide bonds. The molecule has 5 nitrogen and oxygen atoms in total. The molecule has 2 aliphatic rings. The van der Waals surface area contributed by atoms with Gasteiger partial charge in [0.2, 0.25) is 5.91 Å². The van der Waals surface area contributed by atoms with Crippen LogP contribution < -0.4 is 0 Å². The minimum Gasteiger partial charge on any atom is -0.466 e. The van der Waals surface area contributed by atoms with Gasteiger partial charge in [-0.15, -0.1) is 0 Å². The van der Waals surface area contributed by atoms with Gasteiger partial charge >= 0.3 is 0 Å². The monoisotopic (exact) mass is 346 g/mol. The number of hydrogen-bond acceptors (Lipinski definition) is 3. The molecule has 1 aliphatic carbocycles. The zero-order chi connectivity index (χ0) is 18.0. The summed E-state index contributed by atoms with van der Waals surface area (Å²) in [4.78, 5) is 29.0. The molecule has 2 fully saturated rings. The Hall–Kier alpha value is -1.78. The molecule has 1 aliphatic heterocycles. The topological polar surface area (TPSA) is 53.8 Å². The van der Waals surface area contributed by atoms with Crippen molar-refractivity contribution in [3.05, 3.63) is 22.6 Å². The number of nitrogens with zero attached hydrogens (tertiary/aromatic N) is 2. The predicted molar refractivity (Wildman–Crippen MR) is 96.6 cm³/mol. The average Bonchev–Trinajstić information content (AvgIpc) is 3.21. The van der Waals surface area contributed by atoms with Crippen molar-refractivity contribution in [2.24, 2.45) is 5.92 Å². The second-order valence-corrected chi connectivity index (χ2v) is 7.58. The summed E-state index contributed by atoms with van der Waals surface area (Å²) in [7, 11) is 0. The van der Waals surface area contributed by atoms with Crippen molar-refractivity contribution in [2.45, 2.75) is 59.3 Å². The van der Waals surface area contributed by atoms with Crippen LogP contribution in [0.15, 0.2) is 4.42 Å². The maximum Gasteiger partial charge on any atom is 0.257 e. The summed E-state index contributed by atoms with van der Waals surface area (Å²) in [5.41, 5.74) is 1.62. The lowest BCUT2D eigenvalue weighted by Gasteiger charge is -2.35. The van der Waals surface area contributed by atoms with E-state index in [1.165, 1.54) is 25.7 Å². The van der Waals surface area contributed by atoms with E-state index in [0.717, 1.165) is 23.7 Å². The van der Waals surface area contributed by atoms with E-state index >= 15 is 0 Å². The van der Waals surface area contributed by atoms with Gasteiger partial charge in [0.25, 0.3) is 5.91 Å². The molecule has 0 radical (unpaired) electrons. The third-order valence-corrected chi connectivity index (χ3v) is 5.94. The maximum absolute atomic E-state index is 12.8. The van der Waals surface area contributed by atoms with E-state index in [1.807, 2.05) is 30.6 Å². The second kappa shape index (κ2) is 7.63. The summed E-state index contributed by atoms with van der Waals surface area (Å²) in [5, 5.41) is 0. The first-order valence-corrected chi connectivity index (χ1v) is 9.61. The van der Waals surface area contributed by atoms with Crippen LogP contribution in [0.25, 0.3) is 0 Å². The maximum atomic E-state index is 12.8. The molecule has 3 rings (SSSR count). The van der Waals surface area contributed by atoms with E-state index in [-0.39, 0.29) is 11.8 Å². The van der Waals surface area contributed by atoms with Crippen LogP contribution in [0, 0.1) is 26.7 Å². The van der Waals surface area contributed by atoms with Gasteiger partial charge in [0.05, 0.1) is 5.56 Å². The molecule has 1 aromatic rings. The van der Waals surface area contributed by atoms with Gasteiger partial charge in [-0.25, -0.2) is 0 Å². The number of carbonyl (C=O) groups excluding carboxylic acids is 2. The van der Waals surface area contributed by atoms with Gasteiger partial charge in [-0.05, 0) is 33.1 Å². The molecule has 138 valence electrons. The lowest BCUT2D eigenvalue weighted by Crippen LogP contribution is -2.50. The predicted octanol–water partition coefficient (Wildman–Crippen LogP) is 3.46. The SMILES string of the molecule is Cc1oc(C)c(C(=O)N2CCN(C(=O)CCC3CCCC3)CC2)c1C. The summed E-state index contributed by atoms with van der Waals surface area (Å²) < 4.78 is 5.59. The summed E-state index contributed by atoms with van der Waals surface area (Å²) in [5.74, 6) is 2.54. The molecule has 0 aromatic carbocycles. The van der Waals surface area contributed by atoms with Crippen molar-refractivity contribution in [3.8, 4) is 0 Å². The summed E-state index contributed by atoms with van der Waals surface area (Å²) in [6, 6.07) is 0. The molecule has 0 atom stereocenters. The summed E-state index contributed by atoms with van der Waals surface area (Å²) in [6.07, 6.45) is 6.93. The molecule has 0 unspecified atom stereocenters. The van der Waals surface area contributed by atoms with Crippen LogP contribution in [-0.2, 0) is 4.79 Å². The normalized spacial score (nSPS) is 18.8. The highest BCUT2D eigenvalue weighted by Gasteiger charge is 2.28. The quantitative estimate of drug-likeness (QED) is 0.839. The third kappa shape index (κ3) is 3.91. The molecule has 0 bridgehead atoms. The Labute approximate surface area is 150 Å². The number of hydrogen-bond donors (Lipinski definition) is 0. The van der Waals surface area contributed by atoms with Gasteiger partial charge in [0.15, 0.2) is 0 Å². The van der Waals surface area contributed by atoms with Crippen LogP contribution in [0.2, 0.25) is 0 Å². The number of aryl methyl sites for hydroxylation is 2. The Kier molecular flexibility index (Phi) is 5.50. The summed E-state index contributed by atoms with van der Waals surface area (Å²) in [6.45, 7) is 8.17. The van der Waals surface area contributed by atoms with Crippen LogP contribution in [0.1, 0.15) is 66.0 Å². The number of carbonyl (C=O) groups is 2. The Bertz CT molecular complexity index is 636. The number of piperazine rings is 1. The standard InChI is InChI=1S/C20H30N2O3/c1-14-15(2)25-16(3)19(14)20(24)22-12-10-21(11-13-22)18(23)9-8-17-6-4-5-7-17/h17H,4-13H2,1-3H3. The first-order valence-electron chi connectivity index (χ1n) is 9.61. The van der Waals surface area contributed by atoms with E-state index in [1.54, 1.807) is 0 Å². The molecule has 2 heterocycles. The van der Waals surface area contributed by atoms with Gasteiger partial charge in [0.1, 0.15) is 11.5 Å². The Morgan fingerprint density at radius 3 is 2.12 bits per heavy atom. The zero-order valence-corrected chi connectivity index (χ0v) is 15.8. The number of furan rings is 1. The molecule has 1 aromatic heterocycles. The molecule has 25 heavy (non-hydrogen) atoms. The molecule has 5 heteroatoms. The van der Waals surface area contributed by atoms with E-state index < -0.39 is 0 Å². The first-order chi connectivity index (χ1) is 12.0. The molecular formula is C20H30N2O3. The third-order valence-electron chi connectivity index (χ3n) is 5.94. The Balaban J connectivity index is 1.51. The van der Waals surface area contributed by atoms with Crippen molar-refractivity contribution in [1.29, 1.82) is 0 Å². The fraction of sp³-hybridized carbons (Fsp3) is 0.700.